The summed E-state index contributed by atoms with van der Waals surface area (Å²) in [6.45, 7) is 8.74. The number of carboxylic acid groups (broad SMARTS) is 1. The lowest BCUT2D eigenvalue weighted by Crippen LogP contribution is -3.00. The molecule has 3 aliphatic heterocycles. The number of ether oxygens (including phenoxy) is 2. The Hall–Kier alpha value is -2.10. The van der Waals surface area contributed by atoms with Crippen LogP contribution in [0.2, 0.25) is 0 Å². The van der Waals surface area contributed by atoms with Crippen molar-refractivity contribution in [3.05, 3.63) is 41.5 Å². The number of thioether (sulfide) groups is 1. The van der Waals surface area contributed by atoms with Crippen LogP contribution in [0.1, 0.15) is 32.4 Å². The molecule has 4 heterocycles. The van der Waals surface area contributed by atoms with E-state index < -0.39 is 24.1 Å². The highest BCUT2D eigenvalue weighted by atomic mass is 127. The van der Waals surface area contributed by atoms with Gasteiger partial charge >= 0.3 is 12.1 Å². The van der Waals surface area contributed by atoms with Crippen LogP contribution in [-0.2, 0) is 39.3 Å². The highest BCUT2D eigenvalue weighted by Gasteiger charge is 2.60. The molecule has 0 unspecified atom stereocenters. The summed E-state index contributed by atoms with van der Waals surface area (Å²) >= 11 is 1.43. The Morgan fingerprint density at radius 2 is 2.10 bits per heavy atom. The number of nitrogens with zero attached hydrogens (tertiary/aromatic N) is 4. The van der Waals surface area contributed by atoms with Gasteiger partial charge in [-0.15, -0.1) is 11.8 Å². The second kappa shape index (κ2) is 13.0. The van der Waals surface area contributed by atoms with Gasteiger partial charge in [-0.3, -0.25) is 4.79 Å². The number of aliphatic carboxylic acids is 1. The monoisotopic (exact) mass is 676 g/mol. The van der Waals surface area contributed by atoms with Crippen LogP contribution in [0.4, 0.5) is 4.79 Å². The molecular weight excluding hydrogens is 639 g/mol. The first-order valence-electron chi connectivity index (χ1n) is 12.8. The van der Waals surface area contributed by atoms with Crippen molar-refractivity contribution in [1.82, 2.24) is 14.4 Å². The number of aliphatic hydroxyl groups is 1. The predicted molar refractivity (Wildman–Crippen MR) is 139 cm³/mol. The van der Waals surface area contributed by atoms with Crippen LogP contribution in [0.5, 0.6) is 0 Å². The fourth-order valence-corrected chi connectivity index (χ4v) is 7.49. The lowest BCUT2D eigenvalue weighted by atomic mass is 9.79. The minimum absolute atomic E-state index is 0. The molecule has 0 saturated carbocycles. The second-order valence-corrected chi connectivity index (χ2v) is 11.6. The topological polar surface area (TPSA) is 125 Å². The Bertz CT molecular complexity index is 1140. The number of aliphatic hydroxyl groups excluding tert-OH is 1. The van der Waals surface area contributed by atoms with Gasteiger partial charge in [-0.05, 0) is 13.3 Å². The molecule has 13 heteroatoms. The molecular formula is C26H37IN4O7S. The summed E-state index contributed by atoms with van der Waals surface area (Å²) in [4.78, 5) is 41.5. The maximum Gasteiger partial charge on any atom is 0.410 e. The number of methoxy groups -OCH3 is 1. The number of carbonyl (C=O) groups excluding carboxylic acids is 2. The van der Waals surface area contributed by atoms with Crippen molar-refractivity contribution in [2.75, 3.05) is 20.3 Å². The molecule has 2 fully saturated rings. The molecule has 39 heavy (non-hydrogen) atoms. The normalized spacial score (nSPS) is 26.7. The van der Waals surface area contributed by atoms with Crippen molar-refractivity contribution in [2.45, 2.75) is 63.3 Å². The van der Waals surface area contributed by atoms with Gasteiger partial charge in [0.1, 0.15) is 25.1 Å². The van der Waals surface area contributed by atoms with E-state index in [4.69, 9.17) is 9.47 Å². The number of fused-ring (bicyclic) bond motifs is 1. The van der Waals surface area contributed by atoms with Crippen LogP contribution >= 0.6 is 11.8 Å². The molecule has 2 amide bonds. The second-order valence-electron chi connectivity index (χ2n) is 10.2. The number of aromatic nitrogens is 2. The van der Waals surface area contributed by atoms with Crippen LogP contribution in [0.3, 0.4) is 0 Å². The Morgan fingerprint density at radius 3 is 2.72 bits per heavy atom. The number of hydrogen-bond acceptors (Lipinski definition) is 7. The van der Waals surface area contributed by atoms with Crippen LogP contribution in [0.25, 0.3) is 0 Å². The molecule has 2 saturated heterocycles. The molecule has 11 nitrogen and oxygen atoms in total. The van der Waals surface area contributed by atoms with Crippen LogP contribution in [-0.4, -0.2) is 86.2 Å². The van der Waals surface area contributed by atoms with Crippen molar-refractivity contribution in [3.63, 3.8) is 0 Å². The third kappa shape index (κ3) is 6.15. The highest BCUT2D eigenvalue weighted by molar-refractivity contribution is 8.03. The first-order valence-corrected chi connectivity index (χ1v) is 13.7. The minimum atomic E-state index is -1.15. The first kappa shape index (κ1) is 31.4. The highest BCUT2D eigenvalue weighted by Crippen LogP contribution is 2.52. The molecule has 3 aliphatic rings. The quantitative estimate of drug-likeness (QED) is 0.126. The Balaban J connectivity index is 0.00000420. The number of rotatable bonds is 11. The predicted octanol–water partition coefficient (Wildman–Crippen LogP) is -1.49. The number of hydrogen-bond donors (Lipinski definition) is 2. The van der Waals surface area contributed by atoms with Crippen LogP contribution in [0.15, 0.2) is 35.8 Å². The van der Waals surface area contributed by atoms with Gasteiger partial charge in [-0.25, -0.2) is 18.7 Å². The summed E-state index contributed by atoms with van der Waals surface area (Å²) in [6, 6.07) is -0.474. The number of imidazole rings is 1. The largest absolute Gasteiger partial charge is 1.00 e. The molecule has 0 radical (unpaired) electrons. The molecule has 0 spiro atoms. The molecule has 1 aromatic rings. The molecule has 0 aliphatic carbocycles. The third-order valence-electron chi connectivity index (χ3n) is 7.58. The number of aryl methyl sites for hydroxylation is 2. The molecule has 2 N–H and O–H groups in total. The summed E-state index contributed by atoms with van der Waals surface area (Å²) < 4.78 is 14.7. The molecule has 0 bridgehead atoms. The van der Waals surface area contributed by atoms with E-state index >= 15 is 0 Å². The average molecular weight is 677 g/mol. The summed E-state index contributed by atoms with van der Waals surface area (Å²) in [5.74, 6) is -2.33. The Morgan fingerprint density at radius 1 is 1.38 bits per heavy atom. The molecule has 6 atom stereocenters. The van der Waals surface area contributed by atoms with E-state index in [9.17, 15) is 24.6 Å². The number of likely N-dealkylation sites (tertiary alicyclic amines) is 1. The Labute approximate surface area is 249 Å². The summed E-state index contributed by atoms with van der Waals surface area (Å²) in [5.41, 5.74) is 1.03. The van der Waals surface area contributed by atoms with E-state index in [1.807, 2.05) is 31.1 Å². The smallest absolute Gasteiger partial charge is 0.410 e. The molecule has 0 aromatic carbocycles. The van der Waals surface area contributed by atoms with E-state index in [1.165, 1.54) is 22.7 Å². The van der Waals surface area contributed by atoms with Gasteiger partial charge in [-0.2, -0.15) is 0 Å². The van der Waals surface area contributed by atoms with Crippen molar-refractivity contribution in [1.29, 1.82) is 0 Å². The Kier molecular flexibility index (Phi) is 10.5. The van der Waals surface area contributed by atoms with Gasteiger partial charge in [-0.1, -0.05) is 19.6 Å². The summed E-state index contributed by atoms with van der Waals surface area (Å²) in [6.07, 6.45) is 5.57. The molecule has 216 valence electrons. The van der Waals surface area contributed by atoms with Crippen molar-refractivity contribution in [3.8, 4) is 0 Å². The fourth-order valence-electron chi connectivity index (χ4n) is 5.92. The van der Waals surface area contributed by atoms with E-state index in [1.54, 1.807) is 18.9 Å². The lowest BCUT2D eigenvalue weighted by Gasteiger charge is -2.46. The third-order valence-corrected chi connectivity index (χ3v) is 9.07. The van der Waals surface area contributed by atoms with Crippen molar-refractivity contribution >= 4 is 29.7 Å². The zero-order chi connectivity index (χ0) is 27.7. The van der Waals surface area contributed by atoms with Gasteiger partial charge in [0.25, 0.3) is 0 Å². The van der Waals surface area contributed by atoms with Crippen molar-refractivity contribution < 1.29 is 62.6 Å². The molecule has 4 rings (SSSR count). The number of halogens is 1. The minimum Gasteiger partial charge on any atom is -1.00 e. The number of carboxylic acids is 1. The number of β-lactam (4-membered cyclic amide) rings is 1. The summed E-state index contributed by atoms with van der Waals surface area (Å²) in [5, 5.41) is 20.0. The zero-order valence-corrected chi connectivity index (χ0v) is 25.6. The maximum absolute atomic E-state index is 12.9. The fraction of sp³-hybridized carbons (Fsp3) is 0.615. The van der Waals surface area contributed by atoms with Gasteiger partial charge in [0, 0.05) is 42.2 Å². The van der Waals surface area contributed by atoms with E-state index in [-0.39, 0.29) is 65.4 Å². The zero-order valence-electron chi connectivity index (χ0n) is 22.7. The van der Waals surface area contributed by atoms with E-state index in [2.05, 4.69) is 11.1 Å². The SMILES string of the molecule is C=CCOC(=O)N1C[C@@H](SC2=C(C(=O)O)N3C(=O)[C@H]([C@@H](C)O)[C@H]3[C@H]2C)C[C@H]1CC[n+]1cn(C)cc1COC.[I-]. The number of carbonyl (C=O) groups is 3. The summed E-state index contributed by atoms with van der Waals surface area (Å²) in [7, 11) is 3.60. The van der Waals surface area contributed by atoms with Gasteiger partial charge in [0.05, 0.1) is 31.7 Å². The lowest BCUT2D eigenvalue weighted by molar-refractivity contribution is -0.705. The van der Waals surface area contributed by atoms with E-state index in [0.717, 1.165) is 5.69 Å². The average Bonchev–Trinajstić information content (AvgIpc) is 3.49. The van der Waals surface area contributed by atoms with Crippen LogP contribution in [0, 0.1) is 11.8 Å². The van der Waals surface area contributed by atoms with E-state index in [0.29, 0.717) is 37.4 Å². The van der Waals surface area contributed by atoms with Crippen LogP contribution < -0.4 is 28.5 Å². The van der Waals surface area contributed by atoms with Gasteiger partial charge in [0.2, 0.25) is 12.2 Å². The standard InChI is InChI=1S/C26H36N4O7S.HI/c1-6-9-37-26(35)29-12-19(10-17(29)7-8-28-14-27(4)11-18(28)13-36-5)38-23-15(2)21-20(16(3)31)24(32)30(21)22(23)25(33)34;/h6,11,14-17,19-21,31H,1,7-10,12-13H2,2-5H3;1H/t15-,16-,17-,19+,20-,21-;/m1./s1. The maximum atomic E-state index is 12.9. The van der Waals surface area contributed by atoms with Crippen molar-refractivity contribution in [2.24, 2.45) is 18.9 Å². The first-order chi connectivity index (χ1) is 18.1. The molecule has 1 aromatic heterocycles. The van der Waals surface area contributed by atoms with Gasteiger partial charge in [0.15, 0.2) is 5.69 Å². The van der Waals surface area contributed by atoms with Gasteiger partial charge < -0.3 is 53.5 Å². The number of amides is 2.